The Morgan fingerprint density at radius 2 is 0.929 bits per heavy atom. The minimum absolute atomic E-state index is 0.430. The van der Waals surface area contributed by atoms with Crippen LogP contribution in [0.3, 0.4) is 0 Å². The van der Waals surface area contributed by atoms with Crippen LogP contribution in [0.25, 0.3) is 0 Å². The summed E-state index contributed by atoms with van der Waals surface area (Å²) in [5, 5.41) is 0. The number of alkyl halides is 8. The van der Waals surface area contributed by atoms with Crippen LogP contribution in [0.15, 0.2) is 24.3 Å². The Bertz CT molecular complexity index is 577. The maximum Gasteiger partial charge on any atom is 0.453 e. The van der Waals surface area contributed by atoms with Gasteiger partial charge in [0.25, 0.3) is 0 Å². The fraction of sp³-hybridized carbons (Fsp3) is 0.571. The lowest BCUT2D eigenvalue weighted by molar-refractivity contribution is -0.515. The van der Waals surface area contributed by atoms with Crippen molar-refractivity contribution >= 4 is 11.9 Å². The van der Waals surface area contributed by atoms with Crippen LogP contribution in [0.5, 0.6) is 0 Å². The van der Waals surface area contributed by atoms with Gasteiger partial charge in [-0.15, -0.1) is 0 Å². The lowest BCUT2D eigenvalue weighted by atomic mass is 10.4. The largest absolute Gasteiger partial charge is 0.453 e. The van der Waals surface area contributed by atoms with E-state index in [9.17, 15) is 44.7 Å². The van der Waals surface area contributed by atoms with E-state index in [1.165, 1.54) is 0 Å². The first-order valence-corrected chi connectivity index (χ1v) is 6.89. The summed E-state index contributed by atoms with van der Waals surface area (Å²) in [6, 6.07) is 0. The number of esters is 2. The molecule has 14 heteroatoms. The van der Waals surface area contributed by atoms with Gasteiger partial charge in [0.2, 0.25) is 0 Å². The van der Waals surface area contributed by atoms with Crippen molar-refractivity contribution in [1.29, 1.82) is 0 Å². The standard InChI is InChI=1S/C14H14F8O6/c1-7(2)9(23)25-5-11(15,16)27-13(19,20)14(21,22)28-12(17,18)6-26-10(24)8(3)4/h1,3,5-6H2,2,4H3. The van der Waals surface area contributed by atoms with E-state index in [0.717, 1.165) is 13.8 Å². The normalized spacial score (nSPS) is 13.1. The van der Waals surface area contributed by atoms with Crippen LogP contribution in [0.1, 0.15) is 13.8 Å². The molecule has 0 atom stereocenters. The molecule has 0 aromatic heterocycles. The highest BCUT2D eigenvalue weighted by molar-refractivity contribution is 5.87. The average molecular weight is 430 g/mol. The third-order valence-electron chi connectivity index (χ3n) is 2.33. The van der Waals surface area contributed by atoms with Crippen molar-refractivity contribution in [3.63, 3.8) is 0 Å². The molecule has 0 unspecified atom stereocenters. The van der Waals surface area contributed by atoms with Crippen LogP contribution >= 0.6 is 0 Å². The van der Waals surface area contributed by atoms with Crippen LogP contribution in [0.2, 0.25) is 0 Å². The molecule has 0 saturated heterocycles. The maximum absolute atomic E-state index is 13.2. The van der Waals surface area contributed by atoms with E-state index in [4.69, 9.17) is 0 Å². The van der Waals surface area contributed by atoms with Gasteiger partial charge in [0.05, 0.1) is 0 Å². The van der Waals surface area contributed by atoms with E-state index in [1.807, 2.05) is 0 Å². The van der Waals surface area contributed by atoms with E-state index in [0.29, 0.717) is 0 Å². The Balaban J connectivity index is 5.09. The third-order valence-corrected chi connectivity index (χ3v) is 2.33. The van der Waals surface area contributed by atoms with Crippen LogP contribution in [0.4, 0.5) is 35.1 Å². The minimum Gasteiger partial charge on any atom is -0.453 e. The first kappa shape index (κ1) is 25.8. The van der Waals surface area contributed by atoms with Gasteiger partial charge in [-0.2, -0.15) is 35.1 Å². The number of halogens is 8. The van der Waals surface area contributed by atoms with Gasteiger partial charge in [-0.05, 0) is 13.8 Å². The topological polar surface area (TPSA) is 71.1 Å². The third kappa shape index (κ3) is 8.21. The monoisotopic (exact) mass is 430 g/mol. The Hall–Kier alpha value is -2.22. The molecular formula is C14H14F8O6. The van der Waals surface area contributed by atoms with Gasteiger partial charge in [0.15, 0.2) is 13.2 Å². The van der Waals surface area contributed by atoms with Crippen molar-refractivity contribution in [1.82, 2.24) is 0 Å². The minimum atomic E-state index is -6.31. The smallest absolute Gasteiger partial charge is 0.453 e. The average Bonchev–Trinajstić information content (AvgIpc) is 2.47. The summed E-state index contributed by atoms with van der Waals surface area (Å²) in [6.45, 7) is 3.45. The van der Waals surface area contributed by atoms with Crippen molar-refractivity contribution in [3.8, 4) is 0 Å². The molecule has 0 fully saturated rings. The summed E-state index contributed by atoms with van der Waals surface area (Å²) in [4.78, 5) is 21.8. The molecule has 0 spiro atoms. The van der Waals surface area contributed by atoms with E-state index in [2.05, 4.69) is 32.1 Å². The second kappa shape index (κ2) is 8.86. The lowest BCUT2D eigenvalue weighted by Gasteiger charge is -2.30. The summed E-state index contributed by atoms with van der Waals surface area (Å²) >= 11 is 0. The zero-order valence-electron chi connectivity index (χ0n) is 14.3. The summed E-state index contributed by atoms with van der Waals surface area (Å²) in [6.07, 6.45) is -23.1. The lowest BCUT2D eigenvalue weighted by Crippen LogP contribution is -2.53. The molecule has 0 radical (unpaired) electrons. The first-order valence-electron chi connectivity index (χ1n) is 6.89. The number of hydrogen-bond donors (Lipinski definition) is 0. The van der Waals surface area contributed by atoms with Crippen LogP contribution in [-0.4, -0.2) is 49.6 Å². The Kier molecular flexibility index (Phi) is 8.15. The van der Waals surface area contributed by atoms with Gasteiger partial charge in [-0.1, -0.05) is 13.2 Å². The fourth-order valence-electron chi connectivity index (χ4n) is 1.10. The van der Waals surface area contributed by atoms with Crippen LogP contribution in [0, 0.1) is 0 Å². The van der Waals surface area contributed by atoms with E-state index < -0.39 is 60.7 Å². The number of carbonyl (C=O) groups is 2. The van der Waals surface area contributed by atoms with E-state index in [1.54, 1.807) is 0 Å². The van der Waals surface area contributed by atoms with Crippen molar-refractivity contribution in [3.05, 3.63) is 24.3 Å². The van der Waals surface area contributed by atoms with Gasteiger partial charge in [0, 0.05) is 11.1 Å². The SMILES string of the molecule is C=C(C)C(=O)OCC(F)(F)OC(F)(F)C(F)(F)OC(F)(F)COC(=O)C(=C)C. The Morgan fingerprint density at radius 3 is 1.14 bits per heavy atom. The molecule has 0 bridgehead atoms. The van der Waals surface area contributed by atoms with Crippen molar-refractivity contribution in [2.24, 2.45) is 0 Å². The first-order chi connectivity index (χ1) is 12.3. The zero-order chi connectivity index (χ0) is 22.6. The highest BCUT2D eigenvalue weighted by atomic mass is 19.3. The highest BCUT2D eigenvalue weighted by Gasteiger charge is 2.67. The molecule has 0 aromatic rings. The number of hydrogen-bond acceptors (Lipinski definition) is 6. The number of carbonyl (C=O) groups excluding carboxylic acids is 2. The van der Waals surface area contributed by atoms with Gasteiger partial charge >= 0.3 is 36.4 Å². The molecule has 0 amide bonds. The molecule has 162 valence electrons. The molecule has 28 heavy (non-hydrogen) atoms. The second-order valence-electron chi connectivity index (χ2n) is 5.23. The summed E-state index contributed by atoms with van der Waals surface area (Å²) < 4.78 is 118. The molecule has 0 aliphatic rings. The molecule has 0 aliphatic carbocycles. The van der Waals surface area contributed by atoms with Gasteiger partial charge in [0.1, 0.15) is 0 Å². The molecule has 0 saturated carbocycles. The highest BCUT2D eigenvalue weighted by Crippen LogP contribution is 2.43. The predicted molar refractivity (Wildman–Crippen MR) is 73.5 cm³/mol. The number of rotatable bonds is 11. The summed E-state index contributed by atoms with van der Waals surface area (Å²) in [7, 11) is 0. The van der Waals surface area contributed by atoms with Crippen LogP contribution < -0.4 is 0 Å². The molecule has 0 rings (SSSR count). The molecule has 0 N–H and O–H groups in total. The maximum atomic E-state index is 13.2. The summed E-state index contributed by atoms with van der Waals surface area (Å²) in [5.41, 5.74) is -0.861. The van der Waals surface area contributed by atoms with Crippen molar-refractivity contribution < 1.29 is 63.7 Å². The Labute approximate surface area is 152 Å². The molecule has 0 aliphatic heterocycles. The van der Waals surface area contributed by atoms with E-state index >= 15 is 0 Å². The fourth-order valence-corrected chi connectivity index (χ4v) is 1.10. The number of ether oxygens (including phenoxy) is 4. The Morgan fingerprint density at radius 1 is 0.679 bits per heavy atom. The van der Waals surface area contributed by atoms with Gasteiger partial charge in [-0.3, -0.25) is 0 Å². The summed E-state index contributed by atoms with van der Waals surface area (Å²) in [5.74, 6) is -2.97. The van der Waals surface area contributed by atoms with Crippen molar-refractivity contribution in [2.45, 2.75) is 38.3 Å². The molecule has 0 aromatic carbocycles. The quantitative estimate of drug-likeness (QED) is 0.283. The van der Waals surface area contributed by atoms with Gasteiger partial charge < -0.3 is 9.47 Å². The van der Waals surface area contributed by atoms with Crippen LogP contribution in [-0.2, 0) is 28.5 Å². The van der Waals surface area contributed by atoms with E-state index in [-0.39, 0.29) is 0 Å². The van der Waals surface area contributed by atoms with Gasteiger partial charge in [-0.25, -0.2) is 19.1 Å². The van der Waals surface area contributed by atoms with Crippen molar-refractivity contribution in [2.75, 3.05) is 13.2 Å². The second-order valence-corrected chi connectivity index (χ2v) is 5.23. The molecule has 6 nitrogen and oxygen atoms in total. The predicted octanol–water partition coefficient (Wildman–Crippen LogP) is 3.63. The molecule has 0 heterocycles. The zero-order valence-corrected chi connectivity index (χ0v) is 14.3. The molecular weight excluding hydrogens is 416 g/mol.